The van der Waals surface area contributed by atoms with Crippen LogP contribution in [0.4, 0.5) is 0 Å². The number of Topliss-reactive ketones (excluding diaryl/α,β-unsaturated/α-hetero) is 1. The Morgan fingerprint density at radius 2 is 2.38 bits per heavy atom. The van der Waals surface area contributed by atoms with Crippen LogP contribution in [0.3, 0.4) is 0 Å². The minimum Gasteiger partial charge on any atom is -0.374 e. The topological polar surface area (TPSA) is 38.3 Å². The molecule has 0 radical (unpaired) electrons. The van der Waals surface area contributed by atoms with E-state index in [1.54, 1.807) is 0 Å². The Labute approximate surface area is 78.8 Å². The molecule has 2 bridgehead atoms. The zero-order valence-electron chi connectivity index (χ0n) is 8.08. The maximum atomic E-state index is 11.6. The van der Waals surface area contributed by atoms with Crippen molar-refractivity contribution in [3.8, 4) is 0 Å². The highest BCUT2D eigenvalue weighted by molar-refractivity contribution is 5.83. The van der Waals surface area contributed by atoms with Crippen LogP contribution in [0.1, 0.15) is 26.2 Å². The van der Waals surface area contributed by atoms with E-state index in [2.05, 4.69) is 5.32 Å². The van der Waals surface area contributed by atoms with Crippen molar-refractivity contribution in [3.63, 3.8) is 0 Å². The second-order valence-electron chi connectivity index (χ2n) is 3.99. The van der Waals surface area contributed by atoms with Gasteiger partial charge in [0.25, 0.3) is 0 Å². The number of carbonyl (C=O) groups excluding carboxylic acids is 1. The molecule has 0 aromatic carbocycles. The highest BCUT2D eigenvalue weighted by atomic mass is 16.5. The summed E-state index contributed by atoms with van der Waals surface area (Å²) in [4.78, 5) is 11.6. The fourth-order valence-corrected chi connectivity index (χ4v) is 2.49. The molecule has 3 nitrogen and oxygen atoms in total. The second-order valence-corrected chi connectivity index (χ2v) is 3.99. The van der Waals surface area contributed by atoms with Gasteiger partial charge in [-0.1, -0.05) is 0 Å². The van der Waals surface area contributed by atoms with Crippen LogP contribution in [0, 0.1) is 5.92 Å². The van der Waals surface area contributed by atoms with Gasteiger partial charge >= 0.3 is 0 Å². The minimum atomic E-state index is 0.241. The fourth-order valence-electron chi connectivity index (χ4n) is 2.49. The van der Waals surface area contributed by atoms with Crippen molar-refractivity contribution in [2.75, 3.05) is 13.2 Å². The highest BCUT2D eigenvalue weighted by Crippen LogP contribution is 2.33. The Balaban J connectivity index is 1.84. The van der Waals surface area contributed by atoms with Crippen LogP contribution in [0.2, 0.25) is 0 Å². The Bertz CT molecular complexity index is 205. The smallest absolute Gasteiger partial charge is 0.163 e. The van der Waals surface area contributed by atoms with E-state index >= 15 is 0 Å². The summed E-state index contributed by atoms with van der Waals surface area (Å²) in [5.41, 5.74) is 0. The average molecular weight is 183 g/mol. The molecule has 2 heterocycles. The van der Waals surface area contributed by atoms with Gasteiger partial charge in [-0.15, -0.1) is 0 Å². The standard InChI is InChI=1S/C10H17NO2/c1-2-13-6-10(12)8-5-7-3-4-9(8)11-7/h7-9,11H,2-6H2,1H3. The van der Waals surface area contributed by atoms with E-state index < -0.39 is 0 Å². The van der Waals surface area contributed by atoms with Crippen molar-refractivity contribution in [1.29, 1.82) is 0 Å². The number of hydrogen-bond donors (Lipinski definition) is 1. The van der Waals surface area contributed by atoms with Gasteiger partial charge in [0.05, 0.1) is 0 Å². The third-order valence-corrected chi connectivity index (χ3v) is 3.16. The third kappa shape index (κ3) is 1.76. The first kappa shape index (κ1) is 9.16. The van der Waals surface area contributed by atoms with Crippen molar-refractivity contribution in [2.24, 2.45) is 5.92 Å². The van der Waals surface area contributed by atoms with E-state index in [1.807, 2.05) is 6.92 Å². The van der Waals surface area contributed by atoms with Gasteiger partial charge in [0.2, 0.25) is 0 Å². The number of nitrogens with one attached hydrogen (secondary N) is 1. The number of ether oxygens (including phenoxy) is 1. The van der Waals surface area contributed by atoms with Crippen LogP contribution in [-0.2, 0) is 9.53 Å². The van der Waals surface area contributed by atoms with Gasteiger partial charge in [0, 0.05) is 24.6 Å². The molecule has 74 valence electrons. The number of hydrogen-bond acceptors (Lipinski definition) is 3. The van der Waals surface area contributed by atoms with Crippen molar-refractivity contribution in [1.82, 2.24) is 5.32 Å². The van der Waals surface area contributed by atoms with Crippen LogP contribution in [-0.4, -0.2) is 31.1 Å². The molecule has 1 N–H and O–H groups in total. The van der Waals surface area contributed by atoms with Crippen LogP contribution in [0.25, 0.3) is 0 Å². The molecule has 0 amide bonds. The van der Waals surface area contributed by atoms with Gasteiger partial charge in [-0.3, -0.25) is 4.79 Å². The summed E-state index contributed by atoms with van der Waals surface area (Å²) in [5.74, 6) is 0.534. The maximum absolute atomic E-state index is 11.6. The molecule has 2 aliphatic rings. The van der Waals surface area contributed by atoms with Crippen molar-refractivity contribution in [2.45, 2.75) is 38.3 Å². The quantitative estimate of drug-likeness (QED) is 0.698. The van der Waals surface area contributed by atoms with Gasteiger partial charge in [-0.25, -0.2) is 0 Å². The molecule has 13 heavy (non-hydrogen) atoms. The molecule has 0 spiro atoms. The van der Waals surface area contributed by atoms with Gasteiger partial charge in [0.1, 0.15) is 6.61 Å². The normalized spacial score (nSPS) is 36.8. The molecule has 0 aromatic heterocycles. The molecule has 2 aliphatic heterocycles. The first-order valence-corrected chi connectivity index (χ1v) is 5.17. The molecular formula is C10H17NO2. The highest BCUT2D eigenvalue weighted by Gasteiger charge is 2.42. The van der Waals surface area contributed by atoms with Gasteiger partial charge in [-0.2, -0.15) is 0 Å². The second kappa shape index (κ2) is 3.76. The van der Waals surface area contributed by atoms with E-state index in [9.17, 15) is 4.79 Å². The lowest BCUT2D eigenvalue weighted by Crippen LogP contribution is -2.31. The van der Waals surface area contributed by atoms with Gasteiger partial charge in [0.15, 0.2) is 5.78 Å². The zero-order chi connectivity index (χ0) is 9.26. The molecule has 3 unspecified atom stereocenters. The molecule has 0 aliphatic carbocycles. The summed E-state index contributed by atoms with van der Waals surface area (Å²) in [5, 5.41) is 3.46. The molecule has 3 heteroatoms. The Morgan fingerprint density at radius 3 is 2.92 bits per heavy atom. The minimum absolute atomic E-state index is 0.241. The summed E-state index contributed by atoms with van der Waals surface area (Å²) < 4.78 is 5.14. The molecule has 0 saturated carbocycles. The zero-order valence-corrected chi connectivity index (χ0v) is 8.08. The predicted octanol–water partition coefficient (Wildman–Crippen LogP) is 0.732. The lowest BCUT2D eigenvalue weighted by molar-refractivity contribution is -0.127. The van der Waals surface area contributed by atoms with Gasteiger partial charge < -0.3 is 10.1 Å². The van der Waals surface area contributed by atoms with Crippen molar-refractivity contribution in [3.05, 3.63) is 0 Å². The summed E-state index contributed by atoms with van der Waals surface area (Å²) in [7, 11) is 0. The molecule has 0 aromatic rings. The predicted molar refractivity (Wildman–Crippen MR) is 49.6 cm³/mol. The van der Waals surface area contributed by atoms with Gasteiger partial charge in [-0.05, 0) is 26.2 Å². The molecule has 2 saturated heterocycles. The molecule has 2 rings (SSSR count). The number of fused-ring (bicyclic) bond motifs is 2. The Kier molecular flexibility index (Phi) is 2.65. The molecule has 2 fully saturated rings. The largest absolute Gasteiger partial charge is 0.374 e. The Hall–Kier alpha value is -0.410. The number of ketones is 1. The van der Waals surface area contributed by atoms with E-state index in [4.69, 9.17) is 4.74 Å². The van der Waals surface area contributed by atoms with Crippen molar-refractivity contribution < 1.29 is 9.53 Å². The average Bonchev–Trinajstić information content (AvgIpc) is 2.74. The Morgan fingerprint density at radius 1 is 1.54 bits per heavy atom. The maximum Gasteiger partial charge on any atom is 0.163 e. The summed E-state index contributed by atoms with van der Waals surface area (Å²) in [6.45, 7) is 2.87. The summed E-state index contributed by atoms with van der Waals surface area (Å²) in [6.07, 6.45) is 3.47. The lowest BCUT2D eigenvalue weighted by Gasteiger charge is -2.18. The first-order chi connectivity index (χ1) is 6.31. The molecule has 3 atom stereocenters. The van der Waals surface area contributed by atoms with E-state index in [0.29, 0.717) is 31.1 Å². The van der Waals surface area contributed by atoms with Crippen molar-refractivity contribution >= 4 is 5.78 Å². The van der Waals surface area contributed by atoms with E-state index in [1.165, 1.54) is 12.8 Å². The first-order valence-electron chi connectivity index (χ1n) is 5.17. The van der Waals surface area contributed by atoms with Crippen LogP contribution < -0.4 is 5.32 Å². The van der Waals surface area contributed by atoms with Crippen LogP contribution in [0.15, 0.2) is 0 Å². The number of carbonyl (C=O) groups is 1. The van der Waals surface area contributed by atoms with E-state index in [0.717, 1.165) is 6.42 Å². The number of rotatable bonds is 4. The third-order valence-electron chi connectivity index (χ3n) is 3.16. The molecular weight excluding hydrogens is 166 g/mol. The summed E-state index contributed by atoms with van der Waals surface area (Å²) in [6, 6.07) is 1.07. The monoisotopic (exact) mass is 183 g/mol. The fraction of sp³-hybridized carbons (Fsp3) is 0.900. The SMILES string of the molecule is CCOCC(=O)C1CC2CCC1N2. The van der Waals surface area contributed by atoms with E-state index in [-0.39, 0.29) is 5.92 Å². The van der Waals surface area contributed by atoms with Crippen LogP contribution in [0.5, 0.6) is 0 Å². The van der Waals surface area contributed by atoms with Crippen LogP contribution >= 0.6 is 0 Å². The lowest BCUT2D eigenvalue weighted by atomic mass is 9.86. The summed E-state index contributed by atoms with van der Waals surface area (Å²) >= 11 is 0.